The summed E-state index contributed by atoms with van der Waals surface area (Å²) in [6.07, 6.45) is 2.18. The molecule has 44 heavy (non-hydrogen) atoms. The molecule has 2 heterocycles. The predicted molar refractivity (Wildman–Crippen MR) is 170 cm³/mol. The van der Waals surface area contributed by atoms with E-state index in [1.807, 2.05) is 74.8 Å². The van der Waals surface area contributed by atoms with E-state index >= 15 is 0 Å². The number of amides is 2. The first kappa shape index (κ1) is 33.0. The number of aryl methyl sites for hydroxylation is 1. The predicted octanol–water partition coefficient (Wildman–Crippen LogP) is 5.19. The Labute approximate surface area is 260 Å². The molecule has 0 spiro atoms. The van der Waals surface area contributed by atoms with Gasteiger partial charge in [-0.2, -0.15) is 0 Å². The van der Waals surface area contributed by atoms with Crippen molar-refractivity contribution in [2.75, 3.05) is 31.3 Å². The Morgan fingerprint density at radius 2 is 1.64 bits per heavy atom. The Kier molecular flexibility index (Phi) is 12.2. The summed E-state index contributed by atoms with van der Waals surface area (Å²) in [5, 5.41) is 12.0. The SMILES string of the molecule is CC(C)OCCCn1nnc2c1-c1ccccc1CN(C(=O)CCC(=O)NCCCOCCC(=O)C(C)C)c1ccccc1-2. The number of hydrogen-bond acceptors (Lipinski definition) is 7. The van der Waals surface area contributed by atoms with Crippen LogP contribution in [0.3, 0.4) is 0 Å². The standard InChI is InChI=1S/C34H45N5O5/c1-24(2)30(40)17-22-43-20-9-18-35-31(41)15-16-32(42)38-23-26-11-5-6-12-27(26)34-33(28-13-7-8-14-29(28)38)36-37-39(34)19-10-21-44-25(3)4/h5-8,11-14,24-25H,9-10,15-23H2,1-4H3,(H,35,41). The number of hydrogen-bond donors (Lipinski definition) is 1. The zero-order valence-corrected chi connectivity index (χ0v) is 26.4. The van der Waals surface area contributed by atoms with Crippen LogP contribution in [0.2, 0.25) is 0 Å². The highest BCUT2D eigenvalue weighted by molar-refractivity contribution is 6.01. The van der Waals surface area contributed by atoms with E-state index in [9.17, 15) is 14.4 Å². The van der Waals surface area contributed by atoms with Crippen molar-refractivity contribution in [2.45, 2.75) is 79.0 Å². The molecule has 2 amide bonds. The van der Waals surface area contributed by atoms with Gasteiger partial charge in [0.15, 0.2) is 0 Å². The lowest BCUT2D eigenvalue weighted by Crippen LogP contribution is -2.33. The number of carbonyl (C=O) groups excluding carboxylic acids is 3. The van der Waals surface area contributed by atoms with Gasteiger partial charge in [-0.05, 0) is 38.3 Å². The molecule has 0 radical (unpaired) electrons. The molecule has 236 valence electrons. The second-order valence-corrected chi connectivity index (χ2v) is 11.6. The number of nitrogens with zero attached hydrogens (tertiary/aromatic N) is 4. The average Bonchev–Trinajstić information content (AvgIpc) is 3.42. The molecule has 0 unspecified atom stereocenters. The van der Waals surface area contributed by atoms with E-state index in [-0.39, 0.29) is 42.5 Å². The van der Waals surface area contributed by atoms with Crippen LogP contribution in [0.15, 0.2) is 48.5 Å². The van der Waals surface area contributed by atoms with Crippen LogP contribution in [0, 0.1) is 5.92 Å². The first-order valence-corrected chi connectivity index (χ1v) is 15.7. The van der Waals surface area contributed by atoms with Gasteiger partial charge in [0, 0.05) is 62.6 Å². The summed E-state index contributed by atoms with van der Waals surface area (Å²) in [6.45, 7) is 10.8. The van der Waals surface area contributed by atoms with Crippen molar-refractivity contribution in [1.29, 1.82) is 0 Å². The van der Waals surface area contributed by atoms with E-state index in [2.05, 4.69) is 21.7 Å². The monoisotopic (exact) mass is 603 g/mol. The average molecular weight is 604 g/mol. The fraction of sp³-hybridized carbons (Fsp3) is 0.500. The van der Waals surface area contributed by atoms with E-state index in [1.54, 1.807) is 4.90 Å². The normalized spacial score (nSPS) is 12.4. The second kappa shape index (κ2) is 16.3. The Morgan fingerprint density at radius 1 is 0.886 bits per heavy atom. The number of aromatic nitrogens is 3. The lowest BCUT2D eigenvalue weighted by molar-refractivity contribution is -0.125. The fourth-order valence-electron chi connectivity index (χ4n) is 5.14. The minimum Gasteiger partial charge on any atom is -0.381 e. The van der Waals surface area contributed by atoms with Crippen LogP contribution in [-0.2, 0) is 36.9 Å². The molecule has 2 aromatic carbocycles. The van der Waals surface area contributed by atoms with Crippen molar-refractivity contribution in [2.24, 2.45) is 5.92 Å². The van der Waals surface area contributed by atoms with Crippen molar-refractivity contribution >= 4 is 23.3 Å². The number of fused-ring (bicyclic) bond motifs is 5. The van der Waals surface area contributed by atoms with E-state index in [1.165, 1.54) is 0 Å². The van der Waals surface area contributed by atoms with Crippen molar-refractivity contribution in [1.82, 2.24) is 20.3 Å². The summed E-state index contributed by atoms with van der Waals surface area (Å²) in [5.74, 6) is -0.118. The minimum atomic E-state index is -0.180. The van der Waals surface area contributed by atoms with E-state index in [4.69, 9.17) is 9.47 Å². The maximum Gasteiger partial charge on any atom is 0.227 e. The zero-order chi connectivity index (χ0) is 31.5. The number of benzene rings is 2. The summed E-state index contributed by atoms with van der Waals surface area (Å²) >= 11 is 0. The number of para-hydroxylation sites is 1. The fourth-order valence-corrected chi connectivity index (χ4v) is 5.14. The summed E-state index contributed by atoms with van der Waals surface area (Å²) in [4.78, 5) is 39.7. The highest BCUT2D eigenvalue weighted by Crippen LogP contribution is 2.41. The van der Waals surface area contributed by atoms with Crippen LogP contribution < -0.4 is 10.2 Å². The molecule has 0 aliphatic carbocycles. The van der Waals surface area contributed by atoms with Crippen LogP contribution in [0.5, 0.6) is 0 Å². The number of rotatable bonds is 16. The Bertz CT molecular complexity index is 1420. The minimum absolute atomic E-state index is 0.0147. The largest absolute Gasteiger partial charge is 0.381 e. The highest BCUT2D eigenvalue weighted by Gasteiger charge is 2.29. The van der Waals surface area contributed by atoms with Gasteiger partial charge in [-0.25, -0.2) is 4.68 Å². The van der Waals surface area contributed by atoms with Gasteiger partial charge < -0.3 is 19.7 Å². The molecule has 10 nitrogen and oxygen atoms in total. The van der Waals surface area contributed by atoms with Crippen LogP contribution in [0.1, 0.15) is 65.4 Å². The first-order chi connectivity index (χ1) is 21.3. The van der Waals surface area contributed by atoms with Gasteiger partial charge in [-0.15, -0.1) is 5.10 Å². The molecular formula is C34H45N5O5. The molecule has 0 bridgehead atoms. The van der Waals surface area contributed by atoms with Crippen LogP contribution in [0.4, 0.5) is 5.69 Å². The lowest BCUT2D eigenvalue weighted by atomic mass is 9.95. The Hall–Kier alpha value is -3.89. The number of ether oxygens (including phenoxy) is 2. The topological polar surface area (TPSA) is 116 Å². The number of ketones is 1. The number of carbonyl (C=O) groups is 3. The van der Waals surface area contributed by atoms with Crippen LogP contribution in [-0.4, -0.2) is 65.1 Å². The number of Topliss-reactive ketones (excluding diaryl/α,β-unsaturated/α-hetero) is 1. The molecule has 1 aliphatic heterocycles. The van der Waals surface area contributed by atoms with E-state index in [0.29, 0.717) is 52.3 Å². The summed E-state index contributed by atoms with van der Waals surface area (Å²) < 4.78 is 13.2. The lowest BCUT2D eigenvalue weighted by Gasteiger charge is -2.28. The van der Waals surface area contributed by atoms with Gasteiger partial charge in [0.2, 0.25) is 11.8 Å². The quantitative estimate of drug-likeness (QED) is 0.224. The van der Waals surface area contributed by atoms with Gasteiger partial charge in [0.25, 0.3) is 0 Å². The zero-order valence-electron chi connectivity index (χ0n) is 26.4. The van der Waals surface area contributed by atoms with Crippen molar-refractivity contribution in [3.63, 3.8) is 0 Å². The van der Waals surface area contributed by atoms with Gasteiger partial charge in [-0.1, -0.05) is 61.5 Å². The Balaban J connectivity index is 1.41. The molecular weight excluding hydrogens is 558 g/mol. The summed E-state index contributed by atoms with van der Waals surface area (Å²) in [6, 6.07) is 15.8. The second-order valence-electron chi connectivity index (χ2n) is 11.6. The van der Waals surface area contributed by atoms with Crippen LogP contribution >= 0.6 is 0 Å². The smallest absolute Gasteiger partial charge is 0.227 e. The molecule has 4 rings (SSSR count). The molecule has 1 aliphatic rings. The number of nitrogens with one attached hydrogen (secondary N) is 1. The number of anilines is 1. The third-order valence-electron chi connectivity index (χ3n) is 7.54. The van der Waals surface area contributed by atoms with Gasteiger partial charge in [0.05, 0.1) is 30.6 Å². The maximum atomic E-state index is 13.7. The molecule has 0 saturated carbocycles. The van der Waals surface area contributed by atoms with Crippen molar-refractivity contribution in [3.05, 3.63) is 54.1 Å². The van der Waals surface area contributed by atoms with Gasteiger partial charge in [0.1, 0.15) is 11.5 Å². The van der Waals surface area contributed by atoms with Gasteiger partial charge >= 0.3 is 0 Å². The van der Waals surface area contributed by atoms with E-state index in [0.717, 1.165) is 40.2 Å². The highest BCUT2D eigenvalue weighted by atomic mass is 16.5. The summed E-state index contributed by atoms with van der Waals surface area (Å²) in [7, 11) is 0. The van der Waals surface area contributed by atoms with Crippen LogP contribution in [0.25, 0.3) is 22.5 Å². The summed E-state index contributed by atoms with van der Waals surface area (Å²) in [5.41, 5.74) is 5.20. The third kappa shape index (κ3) is 8.83. The molecule has 10 heteroatoms. The van der Waals surface area contributed by atoms with Crippen molar-refractivity contribution < 1.29 is 23.9 Å². The maximum absolute atomic E-state index is 13.7. The molecule has 0 fully saturated rings. The molecule has 3 aromatic rings. The first-order valence-electron chi connectivity index (χ1n) is 15.7. The molecule has 0 atom stereocenters. The molecule has 1 N–H and O–H groups in total. The van der Waals surface area contributed by atoms with E-state index < -0.39 is 0 Å². The molecule has 1 aromatic heterocycles. The Morgan fingerprint density at radius 3 is 2.41 bits per heavy atom. The third-order valence-corrected chi connectivity index (χ3v) is 7.54. The van der Waals surface area contributed by atoms with Gasteiger partial charge in [-0.3, -0.25) is 14.4 Å². The molecule has 0 saturated heterocycles. The van der Waals surface area contributed by atoms with Crippen molar-refractivity contribution in [3.8, 4) is 22.5 Å².